The van der Waals surface area contributed by atoms with Crippen LogP contribution in [-0.4, -0.2) is 54.3 Å². The molecule has 5 atom stereocenters. The van der Waals surface area contributed by atoms with Crippen molar-refractivity contribution in [3.05, 3.63) is 23.8 Å². The quantitative estimate of drug-likeness (QED) is 0.479. The zero-order valence-electron chi connectivity index (χ0n) is 10.6. The highest BCUT2D eigenvalue weighted by Crippen LogP contribution is 2.45. The fraction of sp³-hybridized carbons (Fsp3) is 0.583. The fourth-order valence-electron chi connectivity index (χ4n) is 3.08. The van der Waals surface area contributed by atoms with E-state index in [4.69, 9.17) is 5.73 Å². The van der Waals surface area contributed by atoms with Crippen LogP contribution in [0.4, 0.5) is 0 Å². The van der Waals surface area contributed by atoms with Crippen molar-refractivity contribution in [1.29, 1.82) is 0 Å². The Hall–Kier alpha value is -1.77. The van der Waals surface area contributed by atoms with E-state index < -0.39 is 30.3 Å². The first-order chi connectivity index (χ1) is 9.49. The molecule has 3 rings (SSSR count). The summed E-state index contributed by atoms with van der Waals surface area (Å²) < 4.78 is 1.34. The summed E-state index contributed by atoms with van der Waals surface area (Å²) in [6, 6.07) is -0.580. The minimum atomic E-state index is -1.06. The zero-order valence-corrected chi connectivity index (χ0v) is 10.6. The largest absolute Gasteiger partial charge is 0.393 e. The smallest absolute Gasteiger partial charge is 0.288 e. The van der Waals surface area contributed by atoms with Gasteiger partial charge in [0.2, 0.25) is 5.82 Å². The Morgan fingerprint density at radius 1 is 1.35 bits per heavy atom. The van der Waals surface area contributed by atoms with E-state index in [0.717, 1.165) is 5.57 Å². The van der Waals surface area contributed by atoms with Crippen LogP contribution < -0.4 is 5.73 Å². The molecule has 2 aliphatic carbocycles. The molecule has 0 aromatic carbocycles. The fourth-order valence-corrected chi connectivity index (χ4v) is 3.08. The van der Waals surface area contributed by atoms with Crippen molar-refractivity contribution < 1.29 is 20.1 Å². The zero-order chi connectivity index (χ0) is 14.4. The third-order valence-electron chi connectivity index (χ3n) is 4.02. The first-order valence-electron chi connectivity index (χ1n) is 6.44. The van der Waals surface area contributed by atoms with Crippen molar-refractivity contribution in [1.82, 2.24) is 14.8 Å². The highest BCUT2D eigenvalue weighted by atomic mass is 16.3. The number of nitrogens with zero attached hydrogens (tertiary/aromatic N) is 3. The van der Waals surface area contributed by atoms with Crippen molar-refractivity contribution in [2.24, 2.45) is 11.7 Å². The molecule has 1 fully saturated rings. The van der Waals surface area contributed by atoms with E-state index in [1.807, 2.05) is 6.08 Å². The Kier molecular flexibility index (Phi) is 3.08. The summed E-state index contributed by atoms with van der Waals surface area (Å²) in [5, 5.41) is 33.9. The number of aromatic nitrogens is 3. The van der Waals surface area contributed by atoms with Crippen molar-refractivity contribution in [3.8, 4) is 0 Å². The van der Waals surface area contributed by atoms with E-state index >= 15 is 0 Å². The van der Waals surface area contributed by atoms with Gasteiger partial charge >= 0.3 is 0 Å². The van der Waals surface area contributed by atoms with E-state index in [1.54, 1.807) is 0 Å². The molecule has 0 saturated heterocycles. The standard InChI is InChI=1S/C12H16N4O4/c13-11(20)12-14-4-16(15-12)8-6-2-1-5(17)3-7(6)9(18)10(8)19/h2,4-5,7-10,17-19H,1,3H2,(H2,13,20)/t5-,7-,8+,9+,10-/m0/s1. The van der Waals surface area contributed by atoms with Gasteiger partial charge < -0.3 is 21.1 Å². The molecule has 0 radical (unpaired) electrons. The Labute approximate surface area is 114 Å². The molecule has 8 heteroatoms. The summed E-state index contributed by atoms with van der Waals surface area (Å²) >= 11 is 0. The topological polar surface area (TPSA) is 134 Å². The predicted molar refractivity (Wildman–Crippen MR) is 66.4 cm³/mol. The Morgan fingerprint density at radius 3 is 2.75 bits per heavy atom. The second-order valence-electron chi connectivity index (χ2n) is 5.27. The number of rotatable bonds is 2. The molecular formula is C12H16N4O4. The average Bonchev–Trinajstić information content (AvgIpc) is 2.96. The molecular weight excluding hydrogens is 264 g/mol. The third-order valence-corrected chi connectivity index (χ3v) is 4.02. The van der Waals surface area contributed by atoms with Crippen LogP contribution >= 0.6 is 0 Å². The number of carbonyl (C=O) groups is 1. The highest BCUT2D eigenvalue weighted by molar-refractivity contribution is 5.88. The van der Waals surface area contributed by atoms with Crippen LogP contribution in [0.2, 0.25) is 0 Å². The van der Waals surface area contributed by atoms with Gasteiger partial charge in [0.05, 0.1) is 12.2 Å². The average molecular weight is 280 g/mol. The van der Waals surface area contributed by atoms with Gasteiger partial charge in [-0.1, -0.05) is 6.08 Å². The lowest BCUT2D eigenvalue weighted by Gasteiger charge is -2.25. The highest BCUT2D eigenvalue weighted by Gasteiger charge is 2.48. The molecule has 1 amide bonds. The van der Waals surface area contributed by atoms with Gasteiger partial charge in [-0.15, -0.1) is 5.10 Å². The minimum Gasteiger partial charge on any atom is -0.393 e. The maximum Gasteiger partial charge on any atom is 0.288 e. The number of aliphatic hydroxyl groups is 3. The van der Waals surface area contributed by atoms with Gasteiger partial charge in [-0.3, -0.25) is 4.79 Å². The number of fused-ring (bicyclic) bond motifs is 1. The molecule has 1 saturated carbocycles. The van der Waals surface area contributed by atoms with Gasteiger partial charge in [0.15, 0.2) is 0 Å². The second-order valence-corrected chi connectivity index (χ2v) is 5.27. The van der Waals surface area contributed by atoms with Crippen molar-refractivity contribution in [2.75, 3.05) is 0 Å². The molecule has 1 aromatic heterocycles. The summed E-state index contributed by atoms with van der Waals surface area (Å²) in [5.41, 5.74) is 5.92. The molecule has 0 bridgehead atoms. The van der Waals surface area contributed by atoms with Crippen LogP contribution in [0.25, 0.3) is 0 Å². The van der Waals surface area contributed by atoms with Gasteiger partial charge in [-0.2, -0.15) is 0 Å². The van der Waals surface area contributed by atoms with E-state index in [2.05, 4.69) is 10.1 Å². The van der Waals surface area contributed by atoms with Crippen molar-refractivity contribution >= 4 is 5.91 Å². The van der Waals surface area contributed by atoms with Crippen LogP contribution in [0.15, 0.2) is 18.0 Å². The van der Waals surface area contributed by atoms with Crippen molar-refractivity contribution in [3.63, 3.8) is 0 Å². The number of nitrogens with two attached hydrogens (primary N) is 1. The van der Waals surface area contributed by atoms with Gasteiger partial charge in [0.25, 0.3) is 5.91 Å². The molecule has 8 nitrogen and oxygen atoms in total. The normalized spacial score (nSPS) is 36.5. The summed E-state index contributed by atoms with van der Waals surface area (Å²) in [7, 11) is 0. The van der Waals surface area contributed by atoms with E-state index in [9.17, 15) is 20.1 Å². The maximum absolute atomic E-state index is 11.0. The van der Waals surface area contributed by atoms with Gasteiger partial charge in [0, 0.05) is 5.92 Å². The van der Waals surface area contributed by atoms with E-state index in [0.29, 0.717) is 12.8 Å². The minimum absolute atomic E-state index is 0.133. The number of hydrogen-bond acceptors (Lipinski definition) is 6. The van der Waals surface area contributed by atoms with E-state index in [1.165, 1.54) is 11.0 Å². The van der Waals surface area contributed by atoms with Gasteiger partial charge in [0.1, 0.15) is 18.5 Å². The SMILES string of the molecule is NC(=O)c1ncn([C@@H]2C3=CC[C@H](O)C[C@@H]3[C@@H](O)[C@H]2O)n1. The Bertz CT molecular complexity index is 570. The number of amides is 1. The predicted octanol–water partition coefficient (Wildman–Crippen LogP) is -1.65. The summed E-state index contributed by atoms with van der Waals surface area (Å²) in [6.45, 7) is 0. The Balaban J connectivity index is 1.97. The summed E-state index contributed by atoms with van der Waals surface area (Å²) in [5.74, 6) is -1.19. The van der Waals surface area contributed by atoms with Crippen LogP contribution in [0.5, 0.6) is 0 Å². The van der Waals surface area contributed by atoms with Crippen LogP contribution in [0.3, 0.4) is 0 Å². The van der Waals surface area contributed by atoms with Gasteiger partial charge in [-0.05, 0) is 18.4 Å². The molecule has 0 unspecified atom stereocenters. The van der Waals surface area contributed by atoms with Crippen LogP contribution in [0.1, 0.15) is 29.5 Å². The molecule has 2 aliphatic rings. The van der Waals surface area contributed by atoms with Crippen LogP contribution in [0, 0.1) is 5.92 Å². The Morgan fingerprint density at radius 2 is 2.10 bits per heavy atom. The molecule has 5 N–H and O–H groups in total. The number of aliphatic hydroxyl groups excluding tert-OH is 3. The molecule has 0 spiro atoms. The first-order valence-corrected chi connectivity index (χ1v) is 6.44. The molecule has 108 valence electrons. The maximum atomic E-state index is 11.0. The van der Waals surface area contributed by atoms with E-state index in [-0.39, 0.29) is 11.7 Å². The van der Waals surface area contributed by atoms with Crippen molar-refractivity contribution in [2.45, 2.75) is 37.2 Å². The molecule has 1 heterocycles. The lowest BCUT2D eigenvalue weighted by Crippen LogP contribution is -2.31. The lowest BCUT2D eigenvalue weighted by atomic mass is 9.86. The third kappa shape index (κ3) is 1.92. The molecule has 1 aromatic rings. The molecule has 0 aliphatic heterocycles. The number of hydrogen-bond donors (Lipinski definition) is 4. The summed E-state index contributed by atoms with van der Waals surface area (Å²) in [4.78, 5) is 14.8. The van der Waals surface area contributed by atoms with Gasteiger partial charge in [-0.25, -0.2) is 9.67 Å². The second kappa shape index (κ2) is 4.65. The number of carbonyl (C=O) groups excluding carboxylic acids is 1. The lowest BCUT2D eigenvalue weighted by molar-refractivity contribution is -0.00480. The first kappa shape index (κ1) is 13.2. The molecule has 20 heavy (non-hydrogen) atoms. The van der Waals surface area contributed by atoms with Crippen LogP contribution in [-0.2, 0) is 0 Å². The number of primary amides is 1. The monoisotopic (exact) mass is 280 g/mol. The summed E-state index contributed by atoms with van der Waals surface area (Å²) in [6.07, 6.45) is 1.46.